The van der Waals surface area contributed by atoms with Crippen LogP contribution in [0.2, 0.25) is 0 Å². The van der Waals surface area contributed by atoms with Crippen LogP contribution in [0.3, 0.4) is 0 Å². The fraction of sp³-hybridized carbons (Fsp3) is 0.455. The summed E-state index contributed by atoms with van der Waals surface area (Å²) in [4.78, 5) is 0. The van der Waals surface area contributed by atoms with Crippen LogP contribution in [0.15, 0.2) is 36.4 Å². The van der Waals surface area contributed by atoms with Crippen LogP contribution in [0, 0.1) is 24.5 Å². The first-order valence-corrected chi connectivity index (χ1v) is 9.46. The van der Waals surface area contributed by atoms with E-state index in [1.165, 1.54) is 31.2 Å². The topological polar surface area (TPSA) is 18.5 Å². The van der Waals surface area contributed by atoms with Gasteiger partial charge in [-0.15, -0.1) is 0 Å². The third-order valence-corrected chi connectivity index (χ3v) is 5.02. The van der Waals surface area contributed by atoms with Crippen LogP contribution in [0.4, 0.5) is 17.6 Å². The van der Waals surface area contributed by atoms with Crippen LogP contribution in [-0.2, 0) is 15.9 Å². The van der Waals surface area contributed by atoms with Gasteiger partial charge >= 0.3 is 5.92 Å². The predicted octanol–water partition coefficient (Wildman–Crippen LogP) is 5.91. The SMILES string of the molecule is CCCC1COC(C(F)(F)Cc2ccc(-c3cc(F)c(C)c(F)c3)cc2)OC1. The Morgan fingerprint density at radius 3 is 2.07 bits per heavy atom. The average Bonchev–Trinajstić information content (AvgIpc) is 2.67. The molecule has 0 saturated carbocycles. The van der Waals surface area contributed by atoms with Gasteiger partial charge in [-0.05, 0) is 42.2 Å². The zero-order valence-electron chi connectivity index (χ0n) is 16.0. The lowest BCUT2D eigenvalue weighted by Gasteiger charge is -2.34. The van der Waals surface area contributed by atoms with E-state index in [2.05, 4.69) is 0 Å². The van der Waals surface area contributed by atoms with E-state index in [9.17, 15) is 17.6 Å². The molecule has 0 aromatic heterocycles. The zero-order chi connectivity index (χ0) is 20.3. The van der Waals surface area contributed by atoms with E-state index >= 15 is 0 Å². The molecular weight excluding hydrogens is 372 g/mol. The van der Waals surface area contributed by atoms with Gasteiger partial charge in [0.25, 0.3) is 0 Å². The molecule has 2 nitrogen and oxygen atoms in total. The van der Waals surface area contributed by atoms with Crippen LogP contribution in [-0.4, -0.2) is 25.4 Å². The minimum absolute atomic E-state index is 0.0475. The van der Waals surface area contributed by atoms with Crippen molar-refractivity contribution in [1.82, 2.24) is 0 Å². The average molecular weight is 396 g/mol. The molecule has 0 aliphatic carbocycles. The Kier molecular flexibility index (Phi) is 6.40. The van der Waals surface area contributed by atoms with Gasteiger partial charge in [0.15, 0.2) is 0 Å². The third-order valence-electron chi connectivity index (χ3n) is 5.02. The van der Waals surface area contributed by atoms with Crippen molar-refractivity contribution in [3.05, 3.63) is 59.2 Å². The first-order valence-electron chi connectivity index (χ1n) is 9.46. The van der Waals surface area contributed by atoms with E-state index in [-0.39, 0.29) is 24.7 Å². The lowest BCUT2D eigenvalue weighted by atomic mass is 9.99. The van der Waals surface area contributed by atoms with Crippen LogP contribution in [0.5, 0.6) is 0 Å². The summed E-state index contributed by atoms with van der Waals surface area (Å²) < 4.78 is 67.1. The molecular formula is C22H24F4O2. The maximum absolute atomic E-state index is 14.5. The molecule has 1 heterocycles. The molecule has 3 rings (SSSR count). The number of halogens is 4. The van der Waals surface area contributed by atoms with Crippen LogP contribution < -0.4 is 0 Å². The van der Waals surface area contributed by atoms with Crippen LogP contribution in [0.25, 0.3) is 11.1 Å². The zero-order valence-corrected chi connectivity index (χ0v) is 16.0. The van der Waals surface area contributed by atoms with Crippen LogP contribution >= 0.6 is 0 Å². The maximum atomic E-state index is 14.5. The fourth-order valence-corrected chi connectivity index (χ4v) is 3.34. The molecule has 0 unspecified atom stereocenters. The highest BCUT2D eigenvalue weighted by Gasteiger charge is 2.44. The Balaban J connectivity index is 1.67. The van der Waals surface area contributed by atoms with E-state index in [0.29, 0.717) is 16.7 Å². The second-order valence-electron chi connectivity index (χ2n) is 7.35. The molecule has 0 N–H and O–H groups in total. The smallest absolute Gasteiger partial charge is 0.301 e. The minimum atomic E-state index is -3.17. The van der Waals surface area contributed by atoms with Crippen molar-refractivity contribution in [1.29, 1.82) is 0 Å². The van der Waals surface area contributed by atoms with Gasteiger partial charge in [-0.2, -0.15) is 0 Å². The highest BCUT2D eigenvalue weighted by atomic mass is 19.3. The van der Waals surface area contributed by atoms with Crippen molar-refractivity contribution in [3.8, 4) is 11.1 Å². The van der Waals surface area contributed by atoms with Crippen LogP contribution in [0.1, 0.15) is 30.9 Å². The largest absolute Gasteiger partial charge is 0.347 e. The van der Waals surface area contributed by atoms with Crippen molar-refractivity contribution in [2.45, 2.75) is 45.3 Å². The number of hydrogen-bond acceptors (Lipinski definition) is 2. The number of alkyl halides is 2. The Morgan fingerprint density at radius 1 is 0.964 bits per heavy atom. The summed E-state index contributed by atoms with van der Waals surface area (Å²) in [5.41, 5.74) is 1.26. The molecule has 1 saturated heterocycles. The van der Waals surface area contributed by atoms with Crippen molar-refractivity contribution in [3.63, 3.8) is 0 Å². The van der Waals surface area contributed by atoms with E-state index in [1.807, 2.05) is 6.92 Å². The maximum Gasteiger partial charge on any atom is 0.301 e. The molecule has 152 valence electrons. The summed E-state index contributed by atoms with van der Waals surface area (Å²) in [6, 6.07) is 8.68. The molecule has 0 bridgehead atoms. The standard InChI is InChI=1S/C22H24F4O2/c1-3-4-16-12-27-21(28-13-16)22(25,26)11-15-5-7-17(8-6-15)18-9-19(23)14(2)20(24)10-18/h5-10,16,21H,3-4,11-13H2,1-2H3. The number of rotatable bonds is 6. The number of hydrogen-bond donors (Lipinski definition) is 0. The fourth-order valence-electron chi connectivity index (χ4n) is 3.34. The molecule has 0 radical (unpaired) electrons. The minimum Gasteiger partial charge on any atom is -0.347 e. The highest BCUT2D eigenvalue weighted by Crippen LogP contribution is 2.32. The summed E-state index contributed by atoms with van der Waals surface area (Å²) in [5.74, 6) is -4.29. The molecule has 2 aromatic carbocycles. The summed E-state index contributed by atoms with van der Waals surface area (Å²) in [7, 11) is 0. The molecule has 0 spiro atoms. The van der Waals surface area contributed by atoms with Gasteiger partial charge in [0.05, 0.1) is 13.2 Å². The van der Waals surface area contributed by atoms with Crippen molar-refractivity contribution in [2.24, 2.45) is 5.92 Å². The number of ether oxygens (including phenoxy) is 2. The van der Waals surface area contributed by atoms with Gasteiger partial charge in [-0.25, -0.2) is 17.6 Å². The van der Waals surface area contributed by atoms with Crippen molar-refractivity contribution < 1.29 is 27.0 Å². The molecule has 1 fully saturated rings. The highest BCUT2D eigenvalue weighted by molar-refractivity contribution is 5.64. The van der Waals surface area contributed by atoms with E-state index in [0.717, 1.165) is 12.8 Å². The predicted molar refractivity (Wildman–Crippen MR) is 99.3 cm³/mol. The summed E-state index contributed by atoms with van der Waals surface area (Å²) in [6.07, 6.45) is -0.243. The Bertz CT molecular complexity index is 774. The number of benzene rings is 2. The molecule has 2 aromatic rings. The lowest BCUT2D eigenvalue weighted by molar-refractivity contribution is -0.290. The molecule has 1 aliphatic heterocycles. The first-order chi connectivity index (χ1) is 13.3. The lowest BCUT2D eigenvalue weighted by Crippen LogP contribution is -2.45. The summed E-state index contributed by atoms with van der Waals surface area (Å²) >= 11 is 0. The molecule has 1 aliphatic rings. The summed E-state index contributed by atoms with van der Waals surface area (Å²) in [6.45, 7) is 3.94. The molecule has 0 atom stereocenters. The van der Waals surface area contributed by atoms with E-state index in [4.69, 9.17) is 9.47 Å². The summed E-state index contributed by atoms with van der Waals surface area (Å²) in [5, 5.41) is 0. The van der Waals surface area contributed by atoms with E-state index in [1.54, 1.807) is 12.1 Å². The second kappa shape index (κ2) is 8.62. The van der Waals surface area contributed by atoms with E-state index < -0.39 is 30.3 Å². The van der Waals surface area contributed by atoms with Gasteiger partial charge in [-0.1, -0.05) is 37.6 Å². The third kappa shape index (κ3) is 4.73. The Morgan fingerprint density at radius 2 is 1.54 bits per heavy atom. The monoisotopic (exact) mass is 396 g/mol. The second-order valence-corrected chi connectivity index (χ2v) is 7.35. The molecule has 6 heteroatoms. The van der Waals surface area contributed by atoms with Gasteiger partial charge in [-0.3, -0.25) is 0 Å². The normalized spacial score (nSPS) is 20.4. The van der Waals surface area contributed by atoms with Gasteiger partial charge in [0.2, 0.25) is 6.29 Å². The molecule has 28 heavy (non-hydrogen) atoms. The van der Waals surface area contributed by atoms with Crippen molar-refractivity contribution in [2.75, 3.05) is 13.2 Å². The van der Waals surface area contributed by atoms with Gasteiger partial charge in [0.1, 0.15) is 11.6 Å². The molecule has 0 amide bonds. The van der Waals surface area contributed by atoms with Gasteiger partial charge in [0, 0.05) is 17.9 Å². The Labute approximate surface area is 162 Å². The quantitative estimate of drug-likeness (QED) is 0.566. The van der Waals surface area contributed by atoms with Crippen molar-refractivity contribution >= 4 is 0 Å². The first kappa shape index (κ1) is 20.8. The Hall–Kier alpha value is -1.92. The van der Waals surface area contributed by atoms with Gasteiger partial charge < -0.3 is 9.47 Å².